The van der Waals surface area contributed by atoms with Crippen molar-refractivity contribution < 1.29 is 27.8 Å². The van der Waals surface area contributed by atoms with Gasteiger partial charge >= 0.3 is 249 Å². The molecule has 5 rings (SSSR count). The van der Waals surface area contributed by atoms with Crippen LogP contribution >= 0.6 is 0 Å². The van der Waals surface area contributed by atoms with Crippen molar-refractivity contribution in [1.82, 2.24) is 19.6 Å². The van der Waals surface area contributed by atoms with Crippen LogP contribution in [0.3, 0.4) is 0 Å². The number of anilines is 2. The van der Waals surface area contributed by atoms with Crippen LogP contribution in [0.25, 0.3) is 5.52 Å². The quantitative estimate of drug-likeness (QED) is 0.209. The molecule has 3 atom stereocenters. The zero-order valence-corrected chi connectivity index (χ0v) is 25.0. The van der Waals surface area contributed by atoms with Gasteiger partial charge in [-0.1, -0.05) is 0 Å². The van der Waals surface area contributed by atoms with Gasteiger partial charge in [0.15, 0.2) is 0 Å². The number of alkyl halides is 3. The van der Waals surface area contributed by atoms with Gasteiger partial charge in [0.25, 0.3) is 0 Å². The van der Waals surface area contributed by atoms with Crippen LogP contribution in [0.1, 0.15) is 41.6 Å². The average Bonchev–Trinajstić information content (AvgIpc) is 3.45. The number of piperidine rings is 1. The molecule has 1 amide bonds. The molecule has 13 heteroatoms. The van der Waals surface area contributed by atoms with Crippen LogP contribution in [0.2, 0.25) is 0 Å². The summed E-state index contributed by atoms with van der Waals surface area (Å²) in [6.07, 6.45) is 7.09. The minimum absolute atomic E-state index is 0.0831. The van der Waals surface area contributed by atoms with Crippen LogP contribution in [-0.2, 0) is 0 Å². The number of benzene rings is 1. The van der Waals surface area contributed by atoms with Crippen LogP contribution in [-0.4, -0.2) is 97.3 Å². The Hall–Kier alpha value is -3.43. The molecule has 0 saturated carbocycles. The number of fused-ring (bicyclic) bond motifs is 3. The summed E-state index contributed by atoms with van der Waals surface area (Å²) in [5.41, 5.74) is 1.82. The van der Waals surface area contributed by atoms with E-state index in [2.05, 4.69) is 37.7 Å². The van der Waals surface area contributed by atoms with Crippen molar-refractivity contribution in [3.8, 4) is 17.6 Å². The van der Waals surface area contributed by atoms with E-state index in [0.29, 0.717) is 46.5 Å². The van der Waals surface area contributed by atoms with Crippen molar-refractivity contribution >= 4 is 42.5 Å². The number of ether oxygens (including phenoxy) is 1. The van der Waals surface area contributed by atoms with E-state index in [0.717, 1.165) is 25.7 Å². The van der Waals surface area contributed by atoms with Gasteiger partial charge in [-0.05, 0) is 0 Å². The van der Waals surface area contributed by atoms with Crippen LogP contribution in [0.5, 0.6) is 5.75 Å². The number of aromatic nitrogens is 2. The van der Waals surface area contributed by atoms with Gasteiger partial charge < -0.3 is 0 Å². The fourth-order valence-electron chi connectivity index (χ4n) is 5.98. The van der Waals surface area contributed by atoms with E-state index < -0.39 is 20.0 Å². The first-order valence-corrected chi connectivity index (χ1v) is 15.5. The Balaban J connectivity index is 1.41. The molecule has 0 spiro atoms. The second-order valence-electron chi connectivity index (χ2n) is 10.2. The fraction of sp³-hybridized carbons (Fsp3) is 0.448. The number of rotatable bonds is 9. The molecule has 2 aromatic heterocycles. The standard InChI is InChI=1S/C29H33F3N6O3Se/c1-33-27(40)18-5-10-25(41-2)22(16-18)34-11-3-4-19-17-24-26(35-12-13-38(24)28(19)42-29(30,31)32)36-21-8-6-20-7-9-23(21)37(20)14-15-39/h5,10,12-13,16-17,20-21,23,34,39H,6-9,11,14-15H2,1-2H3,(H,33,40)(H,35,36)/t20-,21-,23-/m1/s1. The molecular formula is C29H33F3N6O3Se. The molecule has 2 aliphatic rings. The van der Waals surface area contributed by atoms with E-state index in [1.807, 2.05) is 0 Å². The number of aliphatic hydroxyl groups is 1. The molecule has 0 aliphatic carbocycles. The number of nitrogens with zero attached hydrogens (tertiary/aromatic N) is 3. The van der Waals surface area contributed by atoms with E-state index in [-0.39, 0.29) is 35.7 Å². The van der Waals surface area contributed by atoms with Crippen molar-refractivity contribution in [1.29, 1.82) is 0 Å². The third kappa shape index (κ3) is 6.47. The number of carbonyl (C=O) groups is 1. The first-order chi connectivity index (χ1) is 20.2. The summed E-state index contributed by atoms with van der Waals surface area (Å²) < 4.78 is 48.1. The molecule has 3 aromatic rings. The van der Waals surface area contributed by atoms with Crippen molar-refractivity contribution in [2.45, 2.75) is 48.9 Å². The van der Waals surface area contributed by atoms with Gasteiger partial charge in [-0.25, -0.2) is 0 Å². The molecule has 4 N–H and O–H groups in total. The van der Waals surface area contributed by atoms with Gasteiger partial charge in [-0.3, -0.25) is 0 Å². The zero-order valence-electron chi connectivity index (χ0n) is 23.3. The van der Waals surface area contributed by atoms with Crippen LogP contribution < -0.4 is 25.3 Å². The summed E-state index contributed by atoms with van der Waals surface area (Å²) in [6, 6.07) is 7.40. The predicted octanol–water partition coefficient (Wildman–Crippen LogP) is 2.42. The summed E-state index contributed by atoms with van der Waals surface area (Å²) in [5.74, 6) is 6.65. The number of amides is 1. The van der Waals surface area contributed by atoms with E-state index in [1.165, 1.54) is 20.4 Å². The predicted molar refractivity (Wildman–Crippen MR) is 156 cm³/mol. The molecule has 224 valence electrons. The van der Waals surface area contributed by atoms with Gasteiger partial charge in [0.05, 0.1) is 0 Å². The van der Waals surface area contributed by atoms with Crippen molar-refractivity contribution in [2.75, 3.05) is 44.5 Å². The maximum atomic E-state index is 13.7. The second-order valence-corrected chi connectivity index (χ2v) is 12.4. The molecule has 9 nitrogen and oxygen atoms in total. The number of hydrogen-bond acceptors (Lipinski definition) is 7. The molecule has 4 heterocycles. The van der Waals surface area contributed by atoms with Crippen molar-refractivity contribution in [3.63, 3.8) is 0 Å². The monoisotopic (exact) mass is 650 g/mol. The average molecular weight is 650 g/mol. The Kier molecular flexibility index (Phi) is 9.18. The van der Waals surface area contributed by atoms with Gasteiger partial charge in [-0.2, -0.15) is 0 Å². The van der Waals surface area contributed by atoms with Gasteiger partial charge in [-0.15, -0.1) is 0 Å². The third-order valence-corrected chi connectivity index (χ3v) is 9.55. The Morgan fingerprint density at radius 2 is 2.05 bits per heavy atom. The van der Waals surface area contributed by atoms with Crippen LogP contribution in [0, 0.1) is 11.8 Å². The van der Waals surface area contributed by atoms with E-state index in [1.54, 1.807) is 34.9 Å². The summed E-state index contributed by atoms with van der Waals surface area (Å²) in [6.45, 7) is 0.829. The Bertz CT molecular complexity index is 1500. The van der Waals surface area contributed by atoms with Crippen LogP contribution in [0.4, 0.5) is 24.7 Å². The number of nitrogens with one attached hydrogen (secondary N) is 3. The first-order valence-electron chi connectivity index (χ1n) is 13.7. The van der Waals surface area contributed by atoms with E-state index in [9.17, 15) is 23.1 Å². The van der Waals surface area contributed by atoms with Crippen molar-refractivity contribution in [2.24, 2.45) is 0 Å². The first kappa shape index (κ1) is 30.0. The Morgan fingerprint density at radius 3 is 2.79 bits per heavy atom. The Labute approximate surface area is 248 Å². The zero-order chi connectivity index (χ0) is 29.9. The summed E-state index contributed by atoms with van der Waals surface area (Å²) in [4.78, 5) is 18.9. The number of carbonyl (C=O) groups excluding carboxylic acids is 1. The Morgan fingerprint density at radius 1 is 1.24 bits per heavy atom. The number of methoxy groups -OCH3 is 1. The van der Waals surface area contributed by atoms with Gasteiger partial charge in [0, 0.05) is 0 Å². The molecule has 2 saturated heterocycles. The number of halogens is 3. The molecule has 0 unspecified atom stereocenters. The molecule has 2 fully saturated rings. The van der Waals surface area contributed by atoms with Gasteiger partial charge in [0.1, 0.15) is 0 Å². The normalized spacial score (nSPS) is 20.2. The third-order valence-electron chi connectivity index (χ3n) is 7.79. The molecule has 1 aromatic carbocycles. The summed E-state index contributed by atoms with van der Waals surface area (Å²) >= 11 is -1.83. The fourth-order valence-corrected chi connectivity index (χ4v) is 7.45. The summed E-state index contributed by atoms with van der Waals surface area (Å²) in [5, 5.41) is 14.4. The molecule has 2 bridgehead atoms. The maximum absolute atomic E-state index is 13.7. The molecule has 2 aliphatic heterocycles. The summed E-state index contributed by atoms with van der Waals surface area (Å²) in [7, 11) is 3.04. The second kappa shape index (κ2) is 12.8. The number of hydrogen-bond donors (Lipinski definition) is 4. The van der Waals surface area contributed by atoms with E-state index >= 15 is 0 Å². The SMILES string of the molecule is CNC(=O)c1ccc(OC)c(NCC#Cc2cc3c(N[C@@H]4CC[C@@H]5CC[C@H]4N5CCO)nccn3c2[Se]C(F)(F)F)c1. The molecular weight excluding hydrogens is 616 g/mol. The number of aliphatic hydroxyl groups excluding tert-OH is 1. The molecule has 0 radical (unpaired) electrons. The minimum atomic E-state index is -4.37. The topological polar surface area (TPSA) is 103 Å². The van der Waals surface area contributed by atoms with E-state index in [4.69, 9.17) is 4.74 Å². The van der Waals surface area contributed by atoms with Crippen LogP contribution in [0.15, 0.2) is 36.7 Å². The van der Waals surface area contributed by atoms with Gasteiger partial charge in [0.2, 0.25) is 0 Å². The molecule has 42 heavy (non-hydrogen) atoms. The van der Waals surface area contributed by atoms with Crippen molar-refractivity contribution in [3.05, 3.63) is 47.8 Å².